The molecule has 1 N–H and O–H groups in total. The first-order valence-corrected chi connectivity index (χ1v) is 9.69. The fourth-order valence-corrected chi connectivity index (χ4v) is 3.71. The van der Waals surface area contributed by atoms with Gasteiger partial charge >= 0.3 is 0 Å². The van der Waals surface area contributed by atoms with Crippen LogP contribution in [0.2, 0.25) is 0 Å². The minimum absolute atomic E-state index is 0.0317. The zero-order chi connectivity index (χ0) is 22.0. The second-order valence-corrected chi connectivity index (χ2v) is 7.01. The van der Waals surface area contributed by atoms with Crippen molar-refractivity contribution in [2.45, 2.75) is 6.04 Å². The predicted octanol–water partition coefficient (Wildman–Crippen LogP) is 4.33. The van der Waals surface area contributed by atoms with E-state index >= 15 is 0 Å². The number of amides is 1. The molecule has 0 spiro atoms. The molecule has 6 nitrogen and oxygen atoms in total. The molecule has 3 aromatic rings. The van der Waals surface area contributed by atoms with E-state index in [0.29, 0.717) is 28.3 Å². The highest BCUT2D eigenvalue weighted by Gasteiger charge is 2.47. The lowest BCUT2D eigenvalue weighted by atomic mass is 9.95. The van der Waals surface area contributed by atoms with Crippen LogP contribution in [-0.4, -0.2) is 31.0 Å². The number of anilines is 1. The molecule has 0 aromatic heterocycles. The van der Waals surface area contributed by atoms with Gasteiger partial charge in [0.2, 0.25) is 0 Å². The topological polar surface area (TPSA) is 76.1 Å². The number of ketones is 1. The molecule has 1 heterocycles. The Hall–Kier alpha value is -4.06. The number of carbonyl (C=O) groups excluding carboxylic acids is 2. The van der Waals surface area contributed by atoms with Crippen LogP contribution in [0.15, 0.2) is 84.4 Å². The summed E-state index contributed by atoms with van der Waals surface area (Å²) in [5, 5.41) is 11.0. The minimum atomic E-state index is -0.807. The van der Waals surface area contributed by atoms with Gasteiger partial charge in [-0.1, -0.05) is 48.5 Å². The molecular weight excluding hydrogens is 394 g/mol. The summed E-state index contributed by atoms with van der Waals surface area (Å²) in [4.78, 5) is 27.6. The molecule has 0 radical (unpaired) electrons. The van der Waals surface area contributed by atoms with Crippen molar-refractivity contribution >= 4 is 23.1 Å². The van der Waals surface area contributed by atoms with Crippen LogP contribution in [0.4, 0.5) is 5.69 Å². The number of nitrogens with zero attached hydrogens (tertiary/aromatic N) is 1. The summed E-state index contributed by atoms with van der Waals surface area (Å²) in [5.41, 5.74) is 1.66. The summed E-state index contributed by atoms with van der Waals surface area (Å²) >= 11 is 0. The molecule has 0 aliphatic carbocycles. The number of carbonyl (C=O) groups is 2. The van der Waals surface area contributed by atoms with E-state index in [1.165, 1.54) is 12.0 Å². The smallest absolute Gasteiger partial charge is 0.300 e. The molecule has 1 amide bonds. The highest BCUT2D eigenvalue weighted by atomic mass is 16.5. The highest BCUT2D eigenvalue weighted by Crippen LogP contribution is 2.43. The monoisotopic (exact) mass is 415 g/mol. The van der Waals surface area contributed by atoms with Crippen molar-refractivity contribution in [1.29, 1.82) is 0 Å². The summed E-state index contributed by atoms with van der Waals surface area (Å²) in [6.07, 6.45) is 0. The molecule has 1 aliphatic rings. The van der Waals surface area contributed by atoms with Crippen LogP contribution >= 0.6 is 0 Å². The number of methoxy groups -OCH3 is 2. The van der Waals surface area contributed by atoms with Crippen LogP contribution in [0.5, 0.6) is 11.5 Å². The Balaban J connectivity index is 1.93. The fourth-order valence-electron chi connectivity index (χ4n) is 3.71. The lowest BCUT2D eigenvalue weighted by Gasteiger charge is -2.26. The highest BCUT2D eigenvalue weighted by molar-refractivity contribution is 6.51. The van der Waals surface area contributed by atoms with E-state index in [9.17, 15) is 14.7 Å². The largest absolute Gasteiger partial charge is 0.507 e. The van der Waals surface area contributed by atoms with Crippen molar-refractivity contribution in [3.63, 3.8) is 0 Å². The van der Waals surface area contributed by atoms with Crippen molar-refractivity contribution in [3.05, 3.63) is 95.6 Å². The molecule has 0 bridgehead atoms. The maximum Gasteiger partial charge on any atom is 0.300 e. The second kappa shape index (κ2) is 8.36. The fraction of sp³-hybridized carbons (Fsp3) is 0.120. The number of hydrogen-bond acceptors (Lipinski definition) is 5. The van der Waals surface area contributed by atoms with Gasteiger partial charge < -0.3 is 14.6 Å². The number of Topliss-reactive ketones (excluding diaryl/α,β-unsaturated/α-hetero) is 1. The van der Waals surface area contributed by atoms with E-state index < -0.39 is 17.7 Å². The SMILES string of the molecule is COc1ccc([C@H]2/C(=C(\O)c3ccccc3)C(=O)C(=O)N2c2cccc(OC)c2)cc1. The predicted molar refractivity (Wildman–Crippen MR) is 117 cm³/mol. The molecule has 31 heavy (non-hydrogen) atoms. The van der Waals surface area contributed by atoms with Crippen LogP contribution in [0.1, 0.15) is 17.2 Å². The van der Waals surface area contributed by atoms with E-state index in [-0.39, 0.29) is 11.3 Å². The van der Waals surface area contributed by atoms with Gasteiger partial charge in [0.05, 0.1) is 25.8 Å². The number of ether oxygens (including phenoxy) is 2. The third-order valence-corrected chi connectivity index (χ3v) is 5.25. The molecule has 4 rings (SSSR count). The van der Waals surface area contributed by atoms with Crippen LogP contribution in [0, 0.1) is 0 Å². The first-order chi connectivity index (χ1) is 15.0. The Morgan fingerprint density at radius 2 is 1.52 bits per heavy atom. The number of aliphatic hydroxyl groups excluding tert-OH is 1. The Bertz CT molecular complexity index is 1150. The third kappa shape index (κ3) is 3.64. The molecule has 6 heteroatoms. The first-order valence-electron chi connectivity index (χ1n) is 9.69. The second-order valence-electron chi connectivity index (χ2n) is 7.01. The number of benzene rings is 3. The Labute approximate surface area is 180 Å². The van der Waals surface area contributed by atoms with Crippen LogP contribution in [-0.2, 0) is 9.59 Å². The quantitative estimate of drug-likeness (QED) is 0.381. The summed E-state index contributed by atoms with van der Waals surface area (Å²) in [6, 6.07) is 21.9. The average Bonchev–Trinajstić information content (AvgIpc) is 3.09. The van der Waals surface area contributed by atoms with Gasteiger partial charge in [0.25, 0.3) is 11.7 Å². The van der Waals surface area contributed by atoms with Gasteiger partial charge in [-0.2, -0.15) is 0 Å². The summed E-state index contributed by atoms with van der Waals surface area (Å²) < 4.78 is 10.5. The molecule has 0 unspecified atom stereocenters. The van der Waals surface area contributed by atoms with Crippen molar-refractivity contribution < 1.29 is 24.2 Å². The van der Waals surface area contributed by atoms with Crippen molar-refractivity contribution in [2.75, 3.05) is 19.1 Å². The minimum Gasteiger partial charge on any atom is -0.507 e. The molecule has 1 fully saturated rings. The standard InChI is InChI=1S/C25H21NO5/c1-30-19-13-11-16(12-14-19)22-21(23(27)17-7-4-3-5-8-17)24(28)25(29)26(22)18-9-6-10-20(15-18)31-2/h3-15,22,27H,1-2H3/b23-21+/t22-/m0/s1. The molecule has 156 valence electrons. The van der Waals surface area contributed by atoms with E-state index in [1.54, 1.807) is 79.9 Å². The number of hydrogen-bond donors (Lipinski definition) is 1. The van der Waals surface area contributed by atoms with Crippen molar-refractivity contribution in [2.24, 2.45) is 0 Å². The molecule has 1 saturated heterocycles. The lowest BCUT2D eigenvalue weighted by Crippen LogP contribution is -2.29. The molecular formula is C25H21NO5. The van der Waals surface area contributed by atoms with E-state index in [2.05, 4.69) is 0 Å². The molecule has 1 atom stereocenters. The normalized spacial score (nSPS) is 17.6. The van der Waals surface area contributed by atoms with Gasteiger partial charge in [-0.15, -0.1) is 0 Å². The van der Waals surface area contributed by atoms with Gasteiger partial charge in [-0.05, 0) is 29.8 Å². The molecule has 3 aromatic carbocycles. The van der Waals surface area contributed by atoms with Crippen molar-refractivity contribution in [3.8, 4) is 11.5 Å². The summed E-state index contributed by atoms with van der Waals surface area (Å²) in [7, 11) is 3.09. The maximum atomic E-state index is 13.1. The lowest BCUT2D eigenvalue weighted by molar-refractivity contribution is -0.132. The van der Waals surface area contributed by atoms with Gasteiger partial charge in [0.1, 0.15) is 17.3 Å². The number of aliphatic hydroxyl groups is 1. The third-order valence-electron chi connectivity index (χ3n) is 5.25. The first kappa shape index (κ1) is 20.2. The van der Waals surface area contributed by atoms with Gasteiger partial charge in [-0.25, -0.2) is 0 Å². The zero-order valence-electron chi connectivity index (χ0n) is 17.1. The van der Waals surface area contributed by atoms with Gasteiger partial charge in [0, 0.05) is 17.3 Å². The van der Waals surface area contributed by atoms with E-state index in [1.807, 2.05) is 6.07 Å². The summed E-state index contributed by atoms with van der Waals surface area (Å²) in [6.45, 7) is 0. The molecule has 1 aliphatic heterocycles. The van der Waals surface area contributed by atoms with E-state index in [0.717, 1.165) is 0 Å². The number of rotatable bonds is 5. The Morgan fingerprint density at radius 3 is 2.16 bits per heavy atom. The summed E-state index contributed by atoms with van der Waals surface area (Å²) in [5.74, 6) is -0.484. The van der Waals surface area contributed by atoms with Gasteiger partial charge in [-0.3, -0.25) is 14.5 Å². The maximum absolute atomic E-state index is 13.1. The Morgan fingerprint density at radius 1 is 0.839 bits per heavy atom. The van der Waals surface area contributed by atoms with Crippen LogP contribution < -0.4 is 14.4 Å². The average molecular weight is 415 g/mol. The molecule has 0 saturated carbocycles. The van der Waals surface area contributed by atoms with Gasteiger partial charge in [0.15, 0.2) is 0 Å². The van der Waals surface area contributed by atoms with E-state index in [4.69, 9.17) is 9.47 Å². The Kier molecular flexibility index (Phi) is 5.45. The van der Waals surface area contributed by atoms with Crippen LogP contribution in [0.3, 0.4) is 0 Å². The zero-order valence-corrected chi connectivity index (χ0v) is 17.1. The van der Waals surface area contributed by atoms with Crippen LogP contribution in [0.25, 0.3) is 5.76 Å². The van der Waals surface area contributed by atoms with Crippen molar-refractivity contribution in [1.82, 2.24) is 0 Å².